The number of alkyl halides is 5. The first-order valence-corrected chi connectivity index (χ1v) is 9.00. The second kappa shape index (κ2) is 7.91. The first-order chi connectivity index (χ1) is 13.5. The lowest BCUT2D eigenvalue weighted by Crippen LogP contribution is -2.51. The maximum absolute atomic E-state index is 12.9. The van der Waals surface area contributed by atoms with E-state index in [1.165, 1.54) is 24.4 Å². The summed E-state index contributed by atoms with van der Waals surface area (Å²) in [5.74, 6) is -0.802. The van der Waals surface area contributed by atoms with Crippen molar-refractivity contribution in [1.82, 2.24) is 10.3 Å². The van der Waals surface area contributed by atoms with Crippen LogP contribution < -0.4 is 10.1 Å². The Bertz CT molecular complexity index is 914. The summed E-state index contributed by atoms with van der Waals surface area (Å²) in [5, 5.41) is 12.6. The average molecular weight is 439 g/mol. The third-order valence-electron chi connectivity index (χ3n) is 4.89. The van der Waals surface area contributed by atoms with Crippen molar-refractivity contribution in [2.45, 2.75) is 50.1 Å². The number of amides is 1. The maximum Gasteiger partial charge on any atom is 0.417 e. The molecule has 29 heavy (non-hydrogen) atoms. The van der Waals surface area contributed by atoms with Gasteiger partial charge in [0.1, 0.15) is 5.75 Å². The summed E-state index contributed by atoms with van der Waals surface area (Å²) in [4.78, 5) is 16.4. The van der Waals surface area contributed by atoms with Gasteiger partial charge in [-0.15, -0.1) is 0 Å². The van der Waals surface area contributed by atoms with Gasteiger partial charge in [0.25, 0.3) is 5.91 Å². The van der Waals surface area contributed by atoms with E-state index in [0.29, 0.717) is 5.39 Å². The number of benzene rings is 1. The molecule has 11 heteroatoms. The molecule has 1 aromatic carbocycles. The molecule has 1 heterocycles. The van der Waals surface area contributed by atoms with Crippen LogP contribution in [0.5, 0.6) is 5.75 Å². The Kier molecular flexibility index (Phi) is 5.86. The van der Waals surface area contributed by atoms with E-state index in [0.717, 1.165) is 0 Å². The minimum atomic E-state index is -4.71. The number of aliphatic hydroxyl groups is 1. The van der Waals surface area contributed by atoms with Gasteiger partial charge in [0.05, 0.1) is 16.1 Å². The number of nitrogens with zero attached hydrogens (tertiary/aromatic N) is 1. The van der Waals surface area contributed by atoms with Gasteiger partial charge in [0.2, 0.25) is 0 Å². The Morgan fingerprint density at radius 3 is 2.52 bits per heavy atom. The molecule has 1 aliphatic carbocycles. The Balaban J connectivity index is 1.70. The van der Waals surface area contributed by atoms with Crippen LogP contribution in [-0.2, 0) is 0 Å². The van der Waals surface area contributed by atoms with Crippen molar-refractivity contribution in [3.63, 3.8) is 0 Å². The van der Waals surface area contributed by atoms with Crippen molar-refractivity contribution in [3.05, 3.63) is 35.0 Å². The monoisotopic (exact) mass is 438 g/mol. The van der Waals surface area contributed by atoms with Gasteiger partial charge in [0.15, 0.2) is 5.60 Å². The smallest absolute Gasteiger partial charge is 0.417 e. The normalized spacial score (nSPS) is 22.7. The molecule has 0 atom stereocenters. The van der Waals surface area contributed by atoms with Crippen LogP contribution in [-0.4, -0.2) is 40.4 Å². The summed E-state index contributed by atoms with van der Waals surface area (Å²) in [7, 11) is 0. The van der Waals surface area contributed by atoms with E-state index in [2.05, 4.69) is 15.0 Å². The van der Waals surface area contributed by atoms with Crippen LogP contribution in [0.25, 0.3) is 10.9 Å². The highest BCUT2D eigenvalue weighted by molar-refractivity contribution is 6.32. The van der Waals surface area contributed by atoms with Gasteiger partial charge < -0.3 is 15.2 Å². The quantitative estimate of drug-likeness (QED) is 0.692. The van der Waals surface area contributed by atoms with Crippen LogP contribution in [0.4, 0.5) is 22.0 Å². The zero-order valence-electron chi connectivity index (χ0n) is 14.8. The van der Waals surface area contributed by atoms with E-state index < -0.39 is 43.2 Å². The van der Waals surface area contributed by atoms with Crippen LogP contribution in [0, 0.1) is 0 Å². The molecular weight excluding hydrogens is 423 g/mol. The van der Waals surface area contributed by atoms with E-state index in [9.17, 15) is 31.9 Å². The fraction of sp³-hybridized carbons (Fsp3) is 0.444. The first-order valence-electron chi connectivity index (χ1n) is 8.62. The van der Waals surface area contributed by atoms with E-state index in [-0.39, 0.29) is 34.7 Å². The Morgan fingerprint density at radius 1 is 1.28 bits per heavy atom. The fourth-order valence-electron chi connectivity index (χ4n) is 3.23. The number of rotatable bonds is 4. The predicted molar refractivity (Wildman–Crippen MR) is 94.1 cm³/mol. The molecule has 0 unspecified atom stereocenters. The van der Waals surface area contributed by atoms with Crippen LogP contribution in [0.2, 0.25) is 5.02 Å². The lowest BCUT2D eigenvalue weighted by Gasteiger charge is -2.37. The third-order valence-corrected chi connectivity index (χ3v) is 5.18. The molecule has 0 radical (unpaired) electrons. The molecular formula is C18H16ClF5N2O3. The van der Waals surface area contributed by atoms with Crippen molar-refractivity contribution in [3.8, 4) is 5.75 Å². The minimum Gasteiger partial charge on any atom is -0.433 e. The minimum absolute atomic E-state index is 0.0249. The van der Waals surface area contributed by atoms with Crippen molar-refractivity contribution >= 4 is 28.4 Å². The van der Waals surface area contributed by atoms with E-state index >= 15 is 0 Å². The van der Waals surface area contributed by atoms with Gasteiger partial charge in [-0.3, -0.25) is 9.78 Å². The number of hydrogen-bond donors (Lipinski definition) is 2. The zero-order chi connectivity index (χ0) is 21.4. The number of pyridine rings is 1. The van der Waals surface area contributed by atoms with Crippen molar-refractivity contribution in [2.75, 3.05) is 0 Å². The number of nitrogens with one attached hydrogen (secondary N) is 1. The van der Waals surface area contributed by atoms with Crippen LogP contribution in [0.15, 0.2) is 24.4 Å². The van der Waals surface area contributed by atoms with Crippen molar-refractivity contribution in [2.24, 2.45) is 0 Å². The molecule has 0 bridgehead atoms. The molecule has 2 aromatic rings. The van der Waals surface area contributed by atoms with Gasteiger partial charge >= 0.3 is 12.8 Å². The largest absolute Gasteiger partial charge is 0.433 e. The molecule has 2 N–H and O–H groups in total. The SMILES string of the molecule is O=C(N[C@H]1CC[C@@](O)(C(F)(F)F)CC1)c1cnc2cc(OC(F)F)c(Cl)cc2c1. The number of carbonyl (C=O) groups excluding carboxylic acids is 1. The van der Waals surface area contributed by atoms with E-state index in [1.807, 2.05) is 0 Å². The number of halogens is 6. The van der Waals surface area contributed by atoms with E-state index in [4.69, 9.17) is 11.6 Å². The summed E-state index contributed by atoms with van der Waals surface area (Å²) < 4.78 is 67.6. The van der Waals surface area contributed by atoms with Gasteiger partial charge in [-0.05, 0) is 37.8 Å². The molecule has 1 saturated carbocycles. The molecule has 0 aliphatic heterocycles. The topological polar surface area (TPSA) is 71.5 Å². The maximum atomic E-state index is 12.9. The Hall–Kier alpha value is -2.20. The van der Waals surface area contributed by atoms with Crippen molar-refractivity contribution < 1.29 is 36.6 Å². The lowest BCUT2D eigenvalue weighted by molar-refractivity contribution is -0.270. The third kappa shape index (κ3) is 4.69. The lowest BCUT2D eigenvalue weighted by atomic mass is 9.81. The highest BCUT2D eigenvalue weighted by Gasteiger charge is 2.54. The second-order valence-corrected chi connectivity index (χ2v) is 7.26. The molecule has 5 nitrogen and oxygen atoms in total. The molecule has 1 amide bonds. The van der Waals surface area contributed by atoms with Gasteiger partial charge in [-0.2, -0.15) is 22.0 Å². The average Bonchev–Trinajstić information content (AvgIpc) is 2.62. The van der Waals surface area contributed by atoms with Gasteiger partial charge in [-0.1, -0.05) is 11.6 Å². The first kappa shape index (κ1) is 21.5. The molecule has 3 rings (SSSR count). The molecule has 1 aliphatic rings. The summed E-state index contributed by atoms with van der Waals surface area (Å²) in [6.45, 7) is -3.06. The fourth-order valence-corrected chi connectivity index (χ4v) is 3.45. The van der Waals surface area contributed by atoms with Crippen LogP contribution in [0.3, 0.4) is 0 Å². The number of aromatic nitrogens is 1. The summed E-state index contributed by atoms with van der Waals surface area (Å²) in [6, 6.07) is 3.45. The Morgan fingerprint density at radius 2 is 1.93 bits per heavy atom. The van der Waals surface area contributed by atoms with Gasteiger partial charge in [0, 0.05) is 23.7 Å². The Labute approximate surface area is 166 Å². The van der Waals surface area contributed by atoms with E-state index in [1.54, 1.807) is 0 Å². The summed E-state index contributed by atoms with van der Waals surface area (Å²) >= 11 is 5.90. The van der Waals surface area contributed by atoms with Crippen molar-refractivity contribution in [1.29, 1.82) is 0 Å². The molecule has 0 spiro atoms. The number of hydrogen-bond acceptors (Lipinski definition) is 4. The highest BCUT2D eigenvalue weighted by Crippen LogP contribution is 2.41. The standard InChI is InChI=1S/C18H16ClF5N2O3/c19-12-6-9-5-10(8-25-13(9)7-14(12)29-16(20)21)15(27)26-11-1-3-17(28,4-2-11)18(22,23)24/h5-8,11,16,28H,1-4H2,(H,26,27)/t11-,17-. The molecule has 158 valence electrons. The number of carbonyl (C=O) groups is 1. The summed E-state index contributed by atoms with van der Waals surface area (Å²) in [5.41, 5.74) is -2.32. The zero-order valence-corrected chi connectivity index (χ0v) is 15.5. The van der Waals surface area contributed by atoms with Gasteiger partial charge in [-0.25, -0.2) is 0 Å². The van der Waals surface area contributed by atoms with Crippen LogP contribution in [0.1, 0.15) is 36.0 Å². The summed E-state index contributed by atoms with van der Waals surface area (Å²) in [6.07, 6.45) is -4.55. The number of fused-ring (bicyclic) bond motifs is 1. The second-order valence-electron chi connectivity index (χ2n) is 6.85. The molecule has 1 fully saturated rings. The molecule has 0 saturated heterocycles. The predicted octanol–water partition coefficient (Wildman–Crippen LogP) is 4.46. The van der Waals surface area contributed by atoms with Crippen LogP contribution >= 0.6 is 11.6 Å². The number of ether oxygens (including phenoxy) is 1. The molecule has 1 aromatic heterocycles. The highest BCUT2D eigenvalue weighted by atomic mass is 35.5.